The molecule has 31 heavy (non-hydrogen) atoms. The van der Waals surface area contributed by atoms with Crippen molar-refractivity contribution in [1.82, 2.24) is 14.8 Å². The van der Waals surface area contributed by atoms with E-state index in [1.807, 2.05) is 6.92 Å². The van der Waals surface area contributed by atoms with Crippen molar-refractivity contribution in [2.45, 2.75) is 38.9 Å². The molecule has 2 N–H and O–H groups in total. The van der Waals surface area contributed by atoms with Crippen LogP contribution < -0.4 is 10.7 Å². The van der Waals surface area contributed by atoms with E-state index in [2.05, 4.69) is 5.32 Å². The first kappa shape index (κ1) is 22.4. The van der Waals surface area contributed by atoms with Crippen LogP contribution in [0.4, 0.5) is 13.2 Å². The summed E-state index contributed by atoms with van der Waals surface area (Å²) in [5.74, 6) is -4.09. The molecule has 0 bridgehead atoms. The number of hydrogen-bond acceptors (Lipinski definition) is 4. The van der Waals surface area contributed by atoms with E-state index >= 15 is 0 Å². The van der Waals surface area contributed by atoms with Gasteiger partial charge in [0.1, 0.15) is 23.9 Å². The largest absolute Gasteiger partial charge is 0.503 e. The van der Waals surface area contributed by atoms with Crippen molar-refractivity contribution in [3.05, 3.63) is 63.1 Å². The molecular formula is C21H22F3N3O4. The third-order valence-electron chi connectivity index (χ3n) is 5.24. The van der Waals surface area contributed by atoms with Crippen molar-refractivity contribution in [1.29, 1.82) is 0 Å². The first-order chi connectivity index (χ1) is 14.8. The molecule has 166 valence electrons. The maximum absolute atomic E-state index is 13.7. The van der Waals surface area contributed by atoms with Crippen LogP contribution in [0.5, 0.6) is 5.75 Å². The Morgan fingerprint density at radius 3 is 2.65 bits per heavy atom. The lowest BCUT2D eigenvalue weighted by molar-refractivity contribution is 0.0564. The third-order valence-corrected chi connectivity index (χ3v) is 5.24. The number of hydrogen-bond donors (Lipinski definition) is 2. The summed E-state index contributed by atoms with van der Waals surface area (Å²) >= 11 is 0. The predicted molar refractivity (Wildman–Crippen MR) is 106 cm³/mol. The van der Waals surface area contributed by atoms with Gasteiger partial charge in [-0.05, 0) is 12.5 Å². The number of pyridine rings is 1. The normalized spacial score (nSPS) is 14.3. The van der Waals surface area contributed by atoms with Crippen LogP contribution in [0.15, 0.2) is 29.2 Å². The molecule has 1 aromatic carbocycles. The average Bonchev–Trinajstić information content (AvgIpc) is 2.74. The lowest BCUT2D eigenvalue weighted by atomic mass is 10.1. The number of alkyl halides is 1. The molecule has 0 radical (unpaired) electrons. The van der Waals surface area contributed by atoms with Gasteiger partial charge in [0, 0.05) is 37.5 Å². The number of aromatic hydroxyl groups is 1. The molecule has 1 aliphatic rings. The van der Waals surface area contributed by atoms with Crippen molar-refractivity contribution in [3.63, 3.8) is 0 Å². The molecule has 2 amide bonds. The summed E-state index contributed by atoms with van der Waals surface area (Å²) in [4.78, 5) is 39.1. The Hall–Kier alpha value is -3.30. The van der Waals surface area contributed by atoms with Crippen molar-refractivity contribution in [2.75, 3.05) is 13.2 Å². The van der Waals surface area contributed by atoms with Crippen LogP contribution in [0, 0.1) is 11.6 Å². The SMILES string of the molecule is CCC[C@H](CF)N1CCn2cc(C(=O)NCc3ccc(F)cc3F)c(=O)c(O)c2C1=O. The second kappa shape index (κ2) is 9.23. The van der Waals surface area contributed by atoms with E-state index in [1.165, 1.54) is 9.47 Å². The van der Waals surface area contributed by atoms with E-state index < -0.39 is 52.9 Å². The summed E-state index contributed by atoms with van der Waals surface area (Å²) in [5, 5.41) is 12.7. The monoisotopic (exact) mass is 437 g/mol. The molecule has 1 aromatic heterocycles. The maximum Gasteiger partial charge on any atom is 0.274 e. The second-order valence-corrected chi connectivity index (χ2v) is 7.28. The Morgan fingerprint density at radius 2 is 2.00 bits per heavy atom. The fourth-order valence-electron chi connectivity index (χ4n) is 3.60. The van der Waals surface area contributed by atoms with Gasteiger partial charge in [0.15, 0.2) is 11.4 Å². The van der Waals surface area contributed by atoms with Crippen molar-refractivity contribution < 1.29 is 27.9 Å². The Morgan fingerprint density at radius 1 is 1.26 bits per heavy atom. The van der Waals surface area contributed by atoms with Gasteiger partial charge in [0.25, 0.3) is 11.8 Å². The molecule has 0 unspecified atom stereocenters. The Kier molecular flexibility index (Phi) is 6.67. The molecule has 7 nitrogen and oxygen atoms in total. The molecule has 0 aliphatic carbocycles. The van der Waals surface area contributed by atoms with Gasteiger partial charge in [-0.3, -0.25) is 14.4 Å². The summed E-state index contributed by atoms with van der Waals surface area (Å²) in [7, 11) is 0. The van der Waals surface area contributed by atoms with Gasteiger partial charge < -0.3 is 19.9 Å². The molecule has 1 aliphatic heterocycles. The summed E-state index contributed by atoms with van der Waals surface area (Å²) in [6.45, 7) is 1.11. The van der Waals surface area contributed by atoms with E-state index in [1.54, 1.807) is 0 Å². The fraction of sp³-hybridized carbons (Fsp3) is 0.381. The van der Waals surface area contributed by atoms with Crippen LogP contribution in [-0.4, -0.2) is 45.6 Å². The fourth-order valence-corrected chi connectivity index (χ4v) is 3.60. The molecule has 2 aromatic rings. The highest BCUT2D eigenvalue weighted by atomic mass is 19.1. The molecule has 1 atom stereocenters. The zero-order valence-corrected chi connectivity index (χ0v) is 16.8. The van der Waals surface area contributed by atoms with Crippen molar-refractivity contribution in [2.24, 2.45) is 0 Å². The van der Waals surface area contributed by atoms with Crippen molar-refractivity contribution >= 4 is 11.8 Å². The van der Waals surface area contributed by atoms with Crippen LogP contribution in [0.25, 0.3) is 0 Å². The van der Waals surface area contributed by atoms with Crippen LogP contribution in [0.3, 0.4) is 0 Å². The molecular weight excluding hydrogens is 415 g/mol. The van der Waals surface area contributed by atoms with Gasteiger partial charge in [-0.2, -0.15) is 0 Å². The second-order valence-electron chi connectivity index (χ2n) is 7.28. The molecule has 2 heterocycles. The number of halogens is 3. The maximum atomic E-state index is 13.7. The van der Waals surface area contributed by atoms with E-state index in [0.717, 1.165) is 18.3 Å². The highest BCUT2D eigenvalue weighted by molar-refractivity contribution is 5.99. The smallest absolute Gasteiger partial charge is 0.274 e. The highest BCUT2D eigenvalue weighted by Crippen LogP contribution is 2.23. The first-order valence-corrected chi connectivity index (χ1v) is 9.83. The molecule has 0 spiro atoms. The zero-order valence-electron chi connectivity index (χ0n) is 16.8. The number of carbonyl (C=O) groups excluding carboxylic acids is 2. The summed E-state index contributed by atoms with van der Waals surface area (Å²) in [6, 6.07) is 2.20. The van der Waals surface area contributed by atoms with Gasteiger partial charge in [0.05, 0.1) is 6.04 Å². The predicted octanol–water partition coefficient (Wildman–Crippen LogP) is 2.36. The Labute approximate surface area is 176 Å². The Bertz CT molecular complexity index is 1070. The Balaban J connectivity index is 1.85. The standard InChI is InChI=1S/C21H22F3N3O4/c1-2-3-14(9-22)27-7-6-26-11-15(18(28)19(29)17(26)21(27)31)20(30)25-10-12-4-5-13(23)8-16(12)24/h4-5,8,11,14,29H,2-3,6-7,9-10H2,1H3,(H,25,30)/t14-/m1/s1. The van der Waals surface area contributed by atoms with Gasteiger partial charge >= 0.3 is 0 Å². The minimum Gasteiger partial charge on any atom is -0.503 e. The first-order valence-electron chi connectivity index (χ1n) is 9.83. The number of nitrogens with one attached hydrogen (secondary N) is 1. The van der Waals surface area contributed by atoms with Crippen LogP contribution in [0.2, 0.25) is 0 Å². The third kappa shape index (κ3) is 4.42. The summed E-state index contributed by atoms with van der Waals surface area (Å²) in [5.41, 5.74) is -1.78. The van der Waals surface area contributed by atoms with E-state index in [4.69, 9.17) is 0 Å². The number of nitrogens with zero attached hydrogens (tertiary/aromatic N) is 2. The van der Waals surface area contributed by atoms with Crippen LogP contribution in [0.1, 0.15) is 46.2 Å². The van der Waals surface area contributed by atoms with Crippen LogP contribution in [-0.2, 0) is 13.1 Å². The number of aromatic nitrogens is 1. The minimum absolute atomic E-state index is 0.0102. The molecule has 10 heteroatoms. The lowest BCUT2D eigenvalue weighted by Gasteiger charge is -2.35. The minimum atomic E-state index is -1.06. The molecule has 3 rings (SSSR count). The van der Waals surface area contributed by atoms with Gasteiger partial charge in [-0.15, -0.1) is 0 Å². The number of rotatable bonds is 7. The molecule has 0 saturated heterocycles. The van der Waals surface area contributed by atoms with Crippen LogP contribution >= 0.6 is 0 Å². The topological polar surface area (TPSA) is 91.6 Å². The summed E-state index contributed by atoms with van der Waals surface area (Å²) in [6.07, 6.45) is 2.24. The van der Waals surface area contributed by atoms with E-state index in [0.29, 0.717) is 18.9 Å². The number of benzene rings is 1. The number of carbonyl (C=O) groups is 2. The molecule has 0 saturated carbocycles. The van der Waals surface area contributed by atoms with Crippen molar-refractivity contribution in [3.8, 4) is 5.75 Å². The van der Waals surface area contributed by atoms with E-state index in [-0.39, 0.29) is 30.9 Å². The average molecular weight is 437 g/mol. The summed E-state index contributed by atoms with van der Waals surface area (Å²) < 4.78 is 41.4. The zero-order chi connectivity index (χ0) is 22.7. The molecule has 0 fully saturated rings. The highest BCUT2D eigenvalue weighted by Gasteiger charge is 2.34. The quantitative estimate of drug-likeness (QED) is 0.696. The van der Waals surface area contributed by atoms with Gasteiger partial charge in [-0.1, -0.05) is 19.4 Å². The van der Waals surface area contributed by atoms with E-state index in [9.17, 15) is 32.7 Å². The number of amides is 2. The van der Waals surface area contributed by atoms with Gasteiger partial charge in [-0.25, -0.2) is 13.2 Å². The number of fused-ring (bicyclic) bond motifs is 1. The van der Waals surface area contributed by atoms with Gasteiger partial charge in [0.2, 0.25) is 5.43 Å². The lowest BCUT2D eigenvalue weighted by Crippen LogP contribution is -2.48.